The molecule has 0 bridgehead atoms. The minimum absolute atomic E-state index is 0.0323. The molecule has 1 atom stereocenters. The second-order valence-electron chi connectivity index (χ2n) is 5.53. The molecule has 0 saturated carbocycles. The standard InChI is InChI=1S/C14H21ClN2S/c1-10(16)11-4-5-13(12(15)8-11)17-6-7-18-14(2,3)9-17/h4-5,8,10H,6-7,9,16H2,1-3H3. The van der Waals surface area contributed by atoms with Gasteiger partial charge in [0.1, 0.15) is 0 Å². The molecule has 1 heterocycles. The van der Waals surface area contributed by atoms with Gasteiger partial charge in [0, 0.05) is 29.6 Å². The van der Waals surface area contributed by atoms with E-state index in [9.17, 15) is 0 Å². The zero-order valence-electron chi connectivity index (χ0n) is 11.2. The Morgan fingerprint density at radius 3 is 2.72 bits per heavy atom. The van der Waals surface area contributed by atoms with E-state index in [0.29, 0.717) is 4.75 Å². The number of hydrogen-bond donors (Lipinski definition) is 1. The maximum absolute atomic E-state index is 6.40. The van der Waals surface area contributed by atoms with E-state index in [1.807, 2.05) is 24.8 Å². The van der Waals surface area contributed by atoms with E-state index in [-0.39, 0.29) is 6.04 Å². The first kappa shape index (κ1) is 14.0. The second-order valence-corrected chi connectivity index (χ2v) is 7.74. The van der Waals surface area contributed by atoms with Crippen molar-refractivity contribution in [3.63, 3.8) is 0 Å². The highest BCUT2D eigenvalue weighted by Crippen LogP contribution is 2.35. The highest BCUT2D eigenvalue weighted by molar-refractivity contribution is 8.00. The van der Waals surface area contributed by atoms with Crippen molar-refractivity contribution in [3.8, 4) is 0 Å². The SMILES string of the molecule is CC(N)c1ccc(N2CCSC(C)(C)C2)c(Cl)c1. The zero-order valence-corrected chi connectivity index (χ0v) is 12.8. The average Bonchev–Trinajstić information content (AvgIpc) is 2.27. The highest BCUT2D eigenvalue weighted by atomic mass is 35.5. The Labute approximate surface area is 119 Å². The Morgan fingerprint density at radius 2 is 2.17 bits per heavy atom. The van der Waals surface area contributed by atoms with Crippen LogP contribution in [0.3, 0.4) is 0 Å². The number of rotatable bonds is 2. The van der Waals surface area contributed by atoms with Gasteiger partial charge in [0.05, 0.1) is 10.7 Å². The van der Waals surface area contributed by atoms with Crippen molar-refractivity contribution in [3.05, 3.63) is 28.8 Å². The molecular formula is C14H21ClN2S. The van der Waals surface area contributed by atoms with E-state index in [4.69, 9.17) is 17.3 Å². The molecule has 0 aliphatic carbocycles. The summed E-state index contributed by atoms with van der Waals surface area (Å²) in [5.74, 6) is 1.15. The van der Waals surface area contributed by atoms with Crippen LogP contribution in [0.2, 0.25) is 5.02 Å². The van der Waals surface area contributed by atoms with Crippen molar-refractivity contribution in [2.75, 3.05) is 23.7 Å². The molecule has 1 aliphatic heterocycles. The number of nitrogens with two attached hydrogens (primary N) is 1. The Balaban J connectivity index is 2.23. The number of thioether (sulfide) groups is 1. The largest absolute Gasteiger partial charge is 0.368 e. The third-order valence-electron chi connectivity index (χ3n) is 3.26. The van der Waals surface area contributed by atoms with Gasteiger partial charge in [0.2, 0.25) is 0 Å². The summed E-state index contributed by atoms with van der Waals surface area (Å²) in [6.45, 7) is 8.65. The lowest BCUT2D eigenvalue weighted by atomic mass is 10.1. The van der Waals surface area contributed by atoms with Crippen LogP contribution in [0.25, 0.3) is 0 Å². The van der Waals surface area contributed by atoms with Gasteiger partial charge in [0.25, 0.3) is 0 Å². The van der Waals surface area contributed by atoms with Gasteiger partial charge in [-0.2, -0.15) is 11.8 Å². The number of hydrogen-bond acceptors (Lipinski definition) is 3. The Hall–Kier alpha value is -0.380. The van der Waals surface area contributed by atoms with E-state index in [1.165, 1.54) is 0 Å². The number of anilines is 1. The molecule has 1 unspecified atom stereocenters. The van der Waals surface area contributed by atoms with Crippen molar-refractivity contribution in [1.29, 1.82) is 0 Å². The summed E-state index contributed by atoms with van der Waals surface area (Å²) in [5.41, 5.74) is 8.10. The molecule has 2 nitrogen and oxygen atoms in total. The van der Waals surface area contributed by atoms with E-state index < -0.39 is 0 Å². The molecule has 18 heavy (non-hydrogen) atoms. The molecule has 1 aromatic rings. The number of benzene rings is 1. The van der Waals surface area contributed by atoms with Crippen LogP contribution in [0.4, 0.5) is 5.69 Å². The Morgan fingerprint density at radius 1 is 1.44 bits per heavy atom. The Kier molecular flexibility index (Phi) is 4.15. The maximum atomic E-state index is 6.40. The summed E-state index contributed by atoms with van der Waals surface area (Å²) in [6, 6.07) is 6.22. The molecule has 4 heteroatoms. The minimum atomic E-state index is 0.0323. The summed E-state index contributed by atoms with van der Waals surface area (Å²) in [6.07, 6.45) is 0. The quantitative estimate of drug-likeness (QED) is 0.898. The van der Waals surface area contributed by atoms with Gasteiger partial charge in [-0.1, -0.05) is 17.7 Å². The van der Waals surface area contributed by atoms with Crippen molar-refractivity contribution in [2.45, 2.75) is 31.6 Å². The Bertz CT molecular complexity index is 432. The molecule has 0 radical (unpaired) electrons. The van der Waals surface area contributed by atoms with Gasteiger partial charge in [-0.05, 0) is 38.5 Å². The predicted octanol–water partition coefficient (Wildman–Crippen LogP) is 3.69. The molecule has 1 aromatic carbocycles. The molecule has 2 N–H and O–H groups in total. The first-order chi connectivity index (χ1) is 8.39. The molecule has 1 aliphatic rings. The lowest BCUT2D eigenvalue weighted by Gasteiger charge is -2.39. The molecule has 2 rings (SSSR count). The second kappa shape index (κ2) is 5.32. The smallest absolute Gasteiger partial charge is 0.0642 e. The normalized spacial score (nSPS) is 20.8. The van der Waals surface area contributed by atoms with Crippen LogP contribution in [0, 0.1) is 0 Å². The van der Waals surface area contributed by atoms with Crippen LogP contribution in [-0.4, -0.2) is 23.6 Å². The zero-order chi connectivity index (χ0) is 13.3. The van der Waals surface area contributed by atoms with Crippen LogP contribution >= 0.6 is 23.4 Å². The van der Waals surface area contributed by atoms with Crippen molar-refractivity contribution >= 4 is 29.1 Å². The fourth-order valence-corrected chi connectivity index (χ4v) is 3.70. The van der Waals surface area contributed by atoms with Crippen LogP contribution < -0.4 is 10.6 Å². The average molecular weight is 285 g/mol. The molecule has 0 amide bonds. The summed E-state index contributed by atoms with van der Waals surface area (Å²) < 4.78 is 0.293. The molecular weight excluding hydrogens is 264 g/mol. The molecule has 1 fully saturated rings. The molecule has 1 saturated heterocycles. The lowest BCUT2D eigenvalue weighted by molar-refractivity contribution is 0.647. The first-order valence-electron chi connectivity index (χ1n) is 6.33. The van der Waals surface area contributed by atoms with Crippen LogP contribution in [0.1, 0.15) is 32.4 Å². The predicted molar refractivity (Wildman–Crippen MR) is 82.8 cm³/mol. The number of nitrogens with zero attached hydrogens (tertiary/aromatic N) is 1. The van der Waals surface area contributed by atoms with Gasteiger partial charge in [0.15, 0.2) is 0 Å². The first-order valence-corrected chi connectivity index (χ1v) is 7.69. The lowest BCUT2D eigenvalue weighted by Crippen LogP contribution is -2.43. The van der Waals surface area contributed by atoms with E-state index in [0.717, 1.165) is 35.1 Å². The highest BCUT2D eigenvalue weighted by Gasteiger charge is 2.28. The third kappa shape index (κ3) is 3.14. The summed E-state index contributed by atoms with van der Waals surface area (Å²) in [7, 11) is 0. The minimum Gasteiger partial charge on any atom is -0.368 e. The van der Waals surface area contributed by atoms with Crippen LogP contribution in [0.15, 0.2) is 18.2 Å². The number of halogens is 1. The molecule has 100 valence electrons. The van der Waals surface area contributed by atoms with E-state index in [2.05, 4.69) is 30.9 Å². The monoisotopic (exact) mass is 284 g/mol. The van der Waals surface area contributed by atoms with Crippen LogP contribution in [0.5, 0.6) is 0 Å². The fourth-order valence-electron chi connectivity index (χ4n) is 2.28. The van der Waals surface area contributed by atoms with Gasteiger partial charge >= 0.3 is 0 Å². The summed E-state index contributed by atoms with van der Waals surface area (Å²) >= 11 is 8.42. The van der Waals surface area contributed by atoms with Crippen molar-refractivity contribution in [2.24, 2.45) is 5.73 Å². The topological polar surface area (TPSA) is 29.3 Å². The van der Waals surface area contributed by atoms with Gasteiger partial charge in [-0.15, -0.1) is 0 Å². The van der Waals surface area contributed by atoms with Crippen molar-refractivity contribution in [1.82, 2.24) is 0 Å². The summed E-state index contributed by atoms with van der Waals surface area (Å²) in [4.78, 5) is 2.38. The van der Waals surface area contributed by atoms with Gasteiger partial charge in [-0.25, -0.2) is 0 Å². The molecule has 0 spiro atoms. The van der Waals surface area contributed by atoms with Gasteiger partial charge < -0.3 is 10.6 Å². The van der Waals surface area contributed by atoms with Crippen molar-refractivity contribution < 1.29 is 0 Å². The fraction of sp³-hybridized carbons (Fsp3) is 0.571. The van der Waals surface area contributed by atoms with E-state index in [1.54, 1.807) is 0 Å². The van der Waals surface area contributed by atoms with Gasteiger partial charge in [-0.3, -0.25) is 0 Å². The molecule has 0 aromatic heterocycles. The van der Waals surface area contributed by atoms with Crippen LogP contribution in [-0.2, 0) is 0 Å². The third-order valence-corrected chi connectivity index (χ3v) is 4.86. The summed E-state index contributed by atoms with van der Waals surface area (Å²) in [5, 5.41) is 0.813. The maximum Gasteiger partial charge on any atom is 0.0642 e. The van der Waals surface area contributed by atoms with E-state index >= 15 is 0 Å².